The number of aromatic nitrogens is 2. The third-order valence-electron chi connectivity index (χ3n) is 2.98. The predicted molar refractivity (Wildman–Crippen MR) is 77.3 cm³/mol. The first kappa shape index (κ1) is 13.2. The first-order valence-electron chi connectivity index (χ1n) is 5.81. The van der Waals surface area contributed by atoms with E-state index < -0.39 is 0 Å². The highest BCUT2D eigenvalue weighted by Gasteiger charge is 2.21. The van der Waals surface area contributed by atoms with Gasteiger partial charge in [0.2, 0.25) is 0 Å². The Morgan fingerprint density at radius 1 is 1.11 bits per heavy atom. The molecule has 18 heavy (non-hydrogen) atoms. The highest BCUT2D eigenvalue weighted by atomic mass is 79.9. The molecule has 0 spiro atoms. The Balaban J connectivity index is 2.41. The largest absolute Gasteiger partial charge is 0.308 e. The minimum absolute atomic E-state index is 0.231. The number of rotatable bonds is 3. The Hall–Kier alpha value is -1.26. The fourth-order valence-corrected chi connectivity index (χ4v) is 1.82. The van der Waals surface area contributed by atoms with Crippen molar-refractivity contribution in [2.75, 3.05) is 7.05 Å². The van der Waals surface area contributed by atoms with Gasteiger partial charge in [-0.15, -0.1) is 0 Å². The van der Waals surface area contributed by atoms with Crippen molar-refractivity contribution < 1.29 is 0 Å². The quantitative estimate of drug-likeness (QED) is 0.945. The average molecular weight is 306 g/mol. The molecule has 0 aliphatic heterocycles. The summed E-state index contributed by atoms with van der Waals surface area (Å²) >= 11 is 3.43. The maximum Gasteiger partial charge on any atom is 0.148 e. The van der Waals surface area contributed by atoms with Crippen LogP contribution in [0.3, 0.4) is 0 Å². The van der Waals surface area contributed by atoms with E-state index in [-0.39, 0.29) is 5.54 Å². The van der Waals surface area contributed by atoms with E-state index in [0.717, 1.165) is 21.6 Å². The van der Waals surface area contributed by atoms with Crippen LogP contribution in [0, 0.1) is 0 Å². The Kier molecular flexibility index (Phi) is 3.78. The molecule has 0 saturated heterocycles. The van der Waals surface area contributed by atoms with Crippen molar-refractivity contribution in [2.24, 2.45) is 0 Å². The van der Waals surface area contributed by atoms with E-state index in [9.17, 15) is 0 Å². The molecule has 0 amide bonds. The second-order valence-corrected chi connectivity index (χ2v) is 5.56. The lowest BCUT2D eigenvalue weighted by molar-refractivity contribution is 0.417. The van der Waals surface area contributed by atoms with Crippen molar-refractivity contribution in [3.8, 4) is 11.3 Å². The highest BCUT2D eigenvalue weighted by molar-refractivity contribution is 9.10. The molecule has 0 unspecified atom stereocenters. The Morgan fingerprint density at radius 2 is 1.78 bits per heavy atom. The van der Waals surface area contributed by atoms with Crippen LogP contribution in [0.15, 0.2) is 41.0 Å². The summed E-state index contributed by atoms with van der Waals surface area (Å²) in [5.74, 6) is 0.797. The number of nitrogens with one attached hydrogen (secondary N) is 1. The summed E-state index contributed by atoms with van der Waals surface area (Å²) in [4.78, 5) is 8.97. The van der Waals surface area contributed by atoms with E-state index in [1.165, 1.54) is 0 Å². The standard InChI is InChI=1S/C14H16BrN3/c1-14(2,16-3)13-17-9-8-12(18-13)10-4-6-11(15)7-5-10/h4-9,16H,1-3H3. The zero-order valence-corrected chi connectivity index (χ0v) is 12.3. The highest BCUT2D eigenvalue weighted by Crippen LogP contribution is 2.22. The smallest absolute Gasteiger partial charge is 0.148 e. The van der Waals surface area contributed by atoms with Crippen LogP contribution in [-0.2, 0) is 5.54 Å². The lowest BCUT2D eigenvalue weighted by Gasteiger charge is -2.22. The number of hydrogen-bond acceptors (Lipinski definition) is 3. The first-order chi connectivity index (χ1) is 8.53. The van der Waals surface area contributed by atoms with Gasteiger partial charge in [-0.25, -0.2) is 9.97 Å². The molecule has 1 aromatic carbocycles. The van der Waals surface area contributed by atoms with Crippen LogP contribution in [0.1, 0.15) is 19.7 Å². The summed E-state index contributed by atoms with van der Waals surface area (Å²) < 4.78 is 1.07. The number of hydrogen-bond donors (Lipinski definition) is 1. The molecule has 1 aromatic heterocycles. The van der Waals surface area contributed by atoms with Gasteiger partial charge in [-0.2, -0.15) is 0 Å². The van der Waals surface area contributed by atoms with Gasteiger partial charge >= 0.3 is 0 Å². The van der Waals surface area contributed by atoms with Crippen molar-refractivity contribution in [1.82, 2.24) is 15.3 Å². The van der Waals surface area contributed by atoms with Crippen LogP contribution in [0.2, 0.25) is 0 Å². The molecule has 0 fully saturated rings. The topological polar surface area (TPSA) is 37.8 Å². The maximum atomic E-state index is 4.63. The van der Waals surface area contributed by atoms with Gasteiger partial charge in [-0.1, -0.05) is 28.1 Å². The summed E-state index contributed by atoms with van der Waals surface area (Å²) in [5.41, 5.74) is 1.80. The van der Waals surface area contributed by atoms with Crippen molar-refractivity contribution >= 4 is 15.9 Å². The third-order valence-corrected chi connectivity index (χ3v) is 3.51. The van der Waals surface area contributed by atoms with Gasteiger partial charge in [-0.3, -0.25) is 0 Å². The zero-order valence-electron chi connectivity index (χ0n) is 10.7. The van der Waals surface area contributed by atoms with Crippen LogP contribution in [0.5, 0.6) is 0 Å². The monoisotopic (exact) mass is 305 g/mol. The fourth-order valence-electron chi connectivity index (χ4n) is 1.55. The van der Waals surface area contributed by atoms with Crippen molar-refractivity contribution in [3.05, 3.63) is 46.8 Å². The molecule has 0 aliphatic carbocycles. The van der Waals surface area contributed by atoms with Gasteiger partial charge in [0.05, 0.1) is 11.2 Å². The molecular formula is C14H16BrN3. The van der Waals surface area contributed by atoms with Crippen molar-refractivity contribution in [2.45, 2.75) is 19.4 Å². The van der Waals surface area contributed by atoms with Crippen LogP contribution in [-0.4, -0.2) is 17.0 Å². The lowest BCUT2D eigenvalue weighted by Crippen LogP contribution is -2.35. The van der Waals surface area contributed by atoms with Crippen LogP contribution >= 0.6 is 15.9 Å². The SMILES string of the molecule is CNC(C)(C)c1nccc(-c2ccc(Br)cc2)n1. The molecule has 3 nitrogen and oxygen atoms in total. The number of halogens is 1. The molecule has 2 rings (SSSR count). The van der Waals surface area contributed by atoms with Gasteiger partial charge in [0.25, 0.3) is 0 Å². The van der Waals surface area contributed by atoms with E-state index in [0.29, 0.717) is 0 Å². The molecule has 1 N–H and O–H groups in total. The summed E-state index contributed by atoms with van der Waals surface area (Å²) in [5, 5.41) is 3.21. The Morgan fingerprint density at radius 3 is 2.39 bits per heavy atom. The minimum Gasteiger partial charge on any atom is -0.308 e. The molecule has 4 heteroatoms. The van der Waals surface area contributed by atoms with Crippen molar-refractivity contribution in [1.29, 1.82) is 0 Å². The van der Waals surface area contributed by atoms with E-state index >= 15 is 0 Å². The van der Waals surface area contributed by atoms with E-state index in [4.69, 9.17) is 0 Å². The molecular weight excluding hydrogens is 290 g/mol. The van der Waals surface area contributed by atoms with E-state index in [1.54, 1.807) is 6.20 Å². The first-order valence-corrected chi connectivity index (χ1v) is 6.60. The van der Waals surface area contributed by atoms with E-state index in [1.807, 2.05) is 37.4 Å². The van der Waals surface area contributed by atoms with Gasteiger partial charge in [0, 0.05) is 16.2 Å². The van der Waals surface area contributed by atoms with Crippen LogP contribution < -0.4 is 5.32 Å². The Labute approximate surface area is 116 Å². The van der Waals surface area contributed by atoms with Gasteiger partial charge < -0.3 is 5.32 Å². The lowest BCUT2D eigenvalue weighted by atomic mass is 10.0. The van der Waals surface area contributed by atoms with Gasteiger partial charge in [0.1, 0.15) is 5.82 Å². The minimum atomic E-state index is -0.231. The number of benzene rings is 1. The maximum absolute atomic E-state index is 4.63. The molecule has 2 aromatic rings. The molecule has 0 atom stereocenters. The van der Waals surface area contributed by atoms with E-state index in [2.05, 4.69) is 45.1 Å². The second kappa shape index (κ2) is 5.16. The van der Waals surface area contributed by atoms with Gasteiger partial charge in [-0.05, 0) is 39.1 Å². The molecule has 0 aliphatic rings. The summed E-state index contributed by atoms with van der Waals surface area (Å²) in [6.45, 7) is 4.13. The van der Waals surface area contributed by atoms with Crippen molar-refractivity contribution in [3.63, 3.8) is 0 Å². The predicted octanol–water partition coefficient (Wildman–Crippen LogP) is 3.36. The fraction of sp³-hybridized carbons (Fsp3) is 0.286. The average Bonchev–Trinajstić information content (AvgIpc) is 2.40. The second-order valence-electron chi connectivity index (χ2n) is 4.65. The summed E-state index contributed by atoms with van der Waals surface area (Å²) in [6, 6.07) is 10.0. The normalized spacial score (nSPS) is 11.6. The third kappa shape index (κ3) is 2.76. The summed E-state index contributed by atoms with van der Waals surface area (Å²) in [6.07, 6.45) is 1.80. The van der Waals surface area contributed by atoms with Crippen LogP contribution in [0.25, 0.3) is 11.3 Å². The molecule has 0 radical (unpaired) electrons. The van der Waals surface area contributed by atoms with Gasteiger partial charge in [0.15, 0.2) is 0 Å². The molecule has 94 valence electrons. The molecule has 1 heterocycles. The van der Waals surface area contributed by atoms with Crippen LogP contribution in [0.4, 0.5) is 0 Å². The summed E-state index contributed by atoms with van der Waals surface area (Å²) in [7, 11) is 1.91. The number of nitrogens with zero attached hydrogens (tertiary/aromatic N) is 2. The zero-order chi connectivity index (χ0) is 13.2. The molecule has 0 saturated carbocycles. The molecule has 0 bridgehead atoms. The Bertz CT molecular complexity index is 535.